The molecule has 0 aliphatic rings. The van der Waals surface area contributed by atoms with Gasteiger partial charge in [0, 0.05) is 11.8 Å². The summed E-state index contributed by atoms with van der Waals surface area (Å²) in [6.45, 7) is 5.16. The molecule has 0 bridgehead atoms. The molecule has 1 atom stereocenters. The number of hydrogen-bond acceptors (Lipinski definition) is 4. The van der Waals surface area contributed by atoms with Crippen LogP contribution in [0, 0.1) is 6.92 Å². The standard InChI is InChI=1S/C16H21N3O/c1-4-8-18-16(14-7-9-17-11-19-14)13-10-12(2)5-6-15(13)20-3/h5-7,9-11,16,18H,4,8H2,1-3H3. The second-order valence-corrected chi connectivity index (χ2v) is 4.77. The minimum Gasteiger partial charge on any atom is -0.496 e. The van der Waals surface area contributed by atoms with Gasteiger partial charge >= 0.3 is 0 Å². The van der Waals surface area contributed by atoms with Gasteiger partial charge in [0.1, 0.15) is 12.1 Å². The number of methoxy groups -OCH3 is 1. The van der Waals surface area contributed by atoms with Crippen LogP contribution in [0.4, 0.5) is 0 Å². The van der Waals surface area contributed by atoms with E-state index in [0.29, 0.717) is 0 Å². The van der Waals surface area contributed by atoms with Crippen molar-refractivity contribution in [1.82, 2.24) is 15.3 Å². The Morgan fingerprint density at radius 3 is 2.80 bits per heavy atom. The van der Waals surface area contributed by atoms with Crippen LogP contribution >= 0.6 is 0 Å². The van der Waals surface area contributed by atoms with Crippen LogP contribution < -0.4 is 10.1 Å². The fourth-order valence-electron chi connectivity index (χ4n) is 2.21. The molecule has 0 aliphatic carbocycles. The van der Waals surface area contributed by atoms with Crippen molar-refractivity contribution >= 4 is 0 Å². The number of nitrogens with zero attached hydrogens (tertiary/aromatic N) is 2. The number of aromatic nitrogens is 2. The number of hydrogen-bond donors (Lipinski definition) is 1. The van der Waals surface area contributed by atoms with Gasteiger partial charge in [-0.05, 0) is 32.0 Å². The maximum atomic E-state index is 5.50. The zero-order chi connectivity index (χ0) is 14.4. The van der Waals surface area contributed by atoms with Gasteiger partial charge in [-0.1, -0.05) is 24.6 Å². The van der Waals surface area contributed by atoms with E-state index in [1.807, 2.05) is 12.1 Å². The maximum Gasteiger partial charge on any atom is 0.124 e. The number of ether oxygens (including phenoxy) is 1. The molecule has 0 saturated carbocycles. The van der Waals surface area contributed by atoms with Gasteiger partial charge in [-0.2, -0.15) is 0 Å². The van der Waals surface area contributed by atoms with Crippen molar-refractivity contribution in [3.63, 3.8) is 0 Å². The molecule has 1 N–H and O–H groups in total. The average Bonchev–Trinajstić information content (AvgIpc) is 2.49. The predicted octanol–water partition coefficient (Wildman–Crippen LogP) is 2.88. The summed E-state index contributed by atoms with van der Waals surface area (Å²) in [5.41, 5.74) is 3.27. The summed E-state index contributed by atoms with van der Waals surface area (Å²) in [5.74, 6) is 0.878. The molecule has 0 aliphatic heterocycles. The number of benzene rings is 1. The molecule has 0 fully saturated rings. The zero-order valence-electron chi connectivity index (χ0n) is 12.3. The smallest absolute Gasteiger partial charge is 0.124 e. The van der Waals surface area contributed by atoms with Crippen LogP contribution in [-0.2, 0) is 0 Å². The first-order chi connectivity index (χ1) is 9.76. The average molecular weight is 271 g/mol. The van der Waals surface area contributed by atoms with E-state index in [4.69, 9.17) is 4.74 Å². The van der Waals surface area contributed by atoms with Crippen LogP contribution in [0.5, 0.6) is 5.75 Å². The van der Waals surface area contributed by atoms with E-state index in [1.165, 1.54) is 5.56 Å². The maximum absolute atomic E-state index is 5.50. The molecule has 20 heavy (non-hydrogen) atoms. The van der Waals surface area contributed by atoms with Crippen LogP contribution in [0.2, 0.25) is 0 Å². The molecule has 4 nitrogen and oxygen atoms in total. The Bertz CT molecular complexity index is 543. The molecule has 1 unspecified atom stereocenters. The van der Waals surface area contributed by atoms with E-state index < -0.39 is 0 Å². The first kappa shape index (κ1) is 14.5. The molecule has 0 spiro atoms. The molecule has 4 heteroatoms. The Morgan fingerprint density at radius 2 is 2.15 bits per heavy atom. The summed E-state index contributed by atoms with van der Waals surface area (Å²) in [6, 6.07) is 8.17. The minimum absolute atomic E-state index is 0.0211. The lowest BCUT2D eigenvalue weighted by Gasteiger charge is -2.21. The minimum atomic E-state index is 0.0211. The van der Waals surface area contributed by atoms with E-state index in [1.54, 1.807) is 19.6 Å². The van der Waals surface area contributed by atoms with E-state index in [9.17, 15) is 0 Å². The van der Waals surface area contributed by atoms with Crippen molar-refractivity contribution in [3.8, 4) is 5.75 Å². The second-order valence-electron chi connectivity index (χ2n) is 4.77. The van der Waals surface area contributed by atoms with Gasteiger partial charge in [-0.3, -0.25) is 0 Å². The first-order valence-electron chi connectivity index (χ1n) is 6.90. The molecule has 1 aromatic carbocycles. The largest absolute Gasteiger partial charge is 0.496 e. The van der Waals surface area contributed by atoms with Gasteiger partial charge in [-0.15, -0.1) is 0 Å². The molecule has 0 saturated heterocycles. The van der Waals surface area contributed by atoms with Crippen LogP contribution in [0.3, 0.4) is 0 Å². The summed E-state index contributed by atoms with van der Waals surface area (Å²) in [5, 5.41) is 3.53. The Morgan fingerprint density at radius 1 is 1.30 bits per heavy atom. The van der Waals surface area contributed by atoms with Crippen molar-refractivity contribution in [3.05, 3.63) is 53.6 Å². The summed E-state index contributed by atoms with van der Waals surface area (Å²) >= 11 is 0. The molecule has 2 aromatic rings. The topological polar surface area (TPSA) is 47.0 Å². The molecule has 2 rings (SSSR count). The highest BCUT2D eigenvalue weighted by atomic mass is 16.5. The van der Waals surface area contributed by atoms with Crippen molar-refractivity contribution in [2.24, 2.45) is 0 Å². The highest BCUT2D eigenvalue weighted by molar-refractivity contribution is 5.42. The zero-order valence-corrected chi connectivity index (χ0v) is 12.3. The van der Waals surface area contributed by atoms with Crippen molar-refractivity contribution < 1.29 is 4.74 Å². The molecule has 106 valence electrons. The van der Waals surface area contributed by atoms with Gasteiger partial charge in [0.2, 0.25) is 0 Å². The summed E-state index contributed by atoms with van der Waals surface area (Å²) < 4.78 is 5.50. The molecule has 1 aromatic heterocycles. The highest BCUT2D eigenvalue weighted by Crippen LogP contribution is 2.29. The van der Waals surface area contributed by atoms with E-state index in [-0.39, 0.29) is 6.04 Å². The third kappa shape index (κ3) is 3.33. The van der Waals surface area contributed by atoms with Gasteiger partial charge in [-0.25, -0.2) is 9.97 Å². The fraction of sp³-hybridized carbons (Fsp3) is 0.375. The normalized spacial score (nSPS) is 12.2. The molecular weight excluding hydrogens is 250 g/mol. The first-order valence-corrected chi connectivity index (χ1v) is 6.90. The lowest BCUT2D eigenvalue weighted by Crippen LogP contribution is -2.24. The van der Waals surface area contributed by atoms with Crippen molar-refractivity contribution in [2.75, 3.05) is 13.7 Å². The highest BCUT2D eigenvalue weighted by Gasteiger charge is 2.18. The lowest BCUT2D eigenvalue weighted by molar-refractivity contribution is 0.403. The number of aryl methyl sites for hydroxylation is 1. The SMILES string of the molecule is CCCNC(c1ccncn1)c1cc(C)ccc1OC. The van der Waals surface area contributed by atoms with E-state index in [2.05, 4.69) is 41.3 Å². The summed E-state index contributed by atoms with van der Waals surface area (Å²) in [6.07, 6.45) is 4.42. The lowest BCUT2D eigenvalue weighted by atomic mass is 10.00. The third-order valence-electron chi connectivity index (χ3n) is 3.20. The monoisotopic (exact) mass is 271 g/mol. The number of rotatable bonds is 6. The van der Waals surface area contributed by atoms with Crippen LogP contribution in [0.1, 0.15) is 36.2 Å². The van der Waals surface area contributed by atoms with Crippen LogP contribution in [0.25, 0.3) is 0 Å². The van der Waals surface area contributed by atoms with Crippen molar-refractivity contribution in [1.29, 1.82) is 0 Å². The van der Waals surface area contributed by atoms with E-state index in [0.717, 1.165) is 30.0 Å². The van der Waals surface area contributed by atoms with Gasteiger partial charge < -0.3 is 10.1 Å². The van der Waals surface area contributed by atoms with Gasteiger partial charge in [0.15, 0.2) is 0 Å². The third-order valence-corrected chi connectivity index (χ3v) is 3.20. The molecular formula is C16H21N3O. The quantitative estimate of drug-likeness (QED) is 0.877. The summed E-state index contributed by atoms with van der Waals surface area (Å²) in [4.78, 5) is 8.38. The fourth-order valence-corrected chi connectivity index (χ4v) is 2.21. The van der Waals surface area contributed by atoms with Crippen molar-refractivity contribution in [2.45, 2.75) is 26.3 Å². The van der Waals surface area contributed by atoms with Crippen LogP contribution in [0.15, 0.2) is 36.8 Å². The van der Waals surface area contributed by atoms with E-state index >= 15 is 0 Å². The molecule has 1 heterocycles. The Balaban J connectivity index is 2.43. The molecule has 0 amide bonds. The predicted molar refractivity (Wildman–Crippen MR) is 79.9 cm³/mol. The van der Waals surface area contributed by atoms with Gasteiger partial charge in [0.25, 0.3) is 0 Å². The van der Waals surface area contributed by atoms with Crippen LogP contribution in [-0.4, -0.2) is 23.6 Å². The Hall–Kier alpha value is -1.94. The number of nitrogens with one attached hydrogen (secondary N) is 1. The second kappa shape index (κ2) is 7.01. The molecule has 0 radical (unpaired) electrons. The Labute approximate surface area is 120 Å². The summed E-state index contributed by atoms with van der Waals surface area (Å²) in [7, 11) is 1.70. The van der Waals surface area contributed by atoms with Gasteiger partial charge in [0.05, 0.1) is 18.8 Å². The Kier molecular flexibility index (Phi) is 5.07.